The molecule has 4 rings (SSSR count). The molecule has 10 nitrogen and oxygen atoms in total. The molecule has 0 aliphatic carbocycles. The highest BCUT2D eigenvalue weighted by Crippen LogP contribution is 2.32. The maximum Gasteiger partial charge on any atom is 0.174 e. The van der Waals surface area contributed by atoms with Crippen LogP contribution in [0.15, 0.2) is 43.2 Å². The summed E-state index contributed by atoms with van der Waals surface area (Å²) in [7, 11) is 3.48. The number of ether oxygens (including phenoxy) is 1. The number of nitrogens with zero attached hydrogens (tertiary/aromatic N) is 7. The van der Waals surface area contributed by atoms with Gasteiger partial charge in [-0.05, 0) is 19.9 Å². The van der Waals surface area contributed by atoms with E-state index in [1.807, 2.05) is 39.2 Å². The number of rotatable bonds is 6. The molecule has 0 unspecified atom stereocenters. The summed E-state index contributed by atoms with van der Waals surface area (Å²) in [4.78, 5) is 21.5. The highest BCUT2D eigenvalue weighted by atomic mass is 16.5. The zero-order valence-electron chi connectivity index (χ0n) is 17.1. The number of aryl methyl sites for hydroxylation is 3. The Morgan fingerprint density at radius 1 is 0.900 bits per heavy atom. The van der Waals surface area contributed by atoms with Crippen LogP contribution < -0.4 is 15.4 Å². The Hall–Kier alpha value is -4.08. The van der Waals surface area contributed by atoms with Gasteiger partial charge in [0.05, 0.1) is 13.3 Å². The molecule has 0 fully saturated rings. The van der Waals surface area contributed by atoms with Gasteiger partial charge in [0.15, 0.2) is 11.6 Å². The molecule has 0 atom stereocenters. The van der Waals surface area contributed by atoms with Crippen LogP contribution in [-0.4, -0.2) is 41.8 Å². The van der Waals surface area contributed by atoms with Gasteiger partial charge in [-0.2, -0.15) is 5.10 Å². The lowest BCUT2D eigenvalue weighted by Gasteiger charge is -2.13. The molecule has 0 radical (unpaired) electrons. The summed E-state index contributed by atoms with van der Waals surface area (Å²) in [5, 5.41) is 10.6. The van der Waals surface area contributed by atoms with E-state index in [2.05, 4.69) is 40.7 Å². The van der Waals surface area contributed by atoms with E-state index in [4.69, 9.17) is 4.74 Å². The fourth-order valence-corrected chi connectivity index (χ4v) is 2.95. The summed E-state index contributed by atoms with van der Waals surface area (Å²) in [5.74, 6) is 2.97. The molecule has 0 saturated carbocycles. The zero-order chi connectivity index (χ0) is 21.1. The Morgan fingerprint density at radius 2 is 1.60 bits per heavy atom. The van der Waals surface area contributed by atoms with Gasteiger partial charge in [-0.15, -0.1) is 0 Å². The molecular weight excluding hydrogens is 382 g/mol. The number of anilines is 4. The lowest BCUT2D eigenvalue weighted by atomic mass is 10.1. The Morgan fingerprint density at radius 3 is 2.27 bits per heavy atom. The van der Waals surface area contributed by atoms with E-state index in [0.717, 1.165) is 22.5 Å². The van der Waals surface area contributed by atoms with Crippen LogP contribution in [0.4, 0.5) is 23.3 Å². The van der Waals surface area contributed by atoms with Crippen LogP contribution >= 0.6 is 0 Å². The van der Waals surface area contributed by atoms with Crippen LogP contribution in [0, 0.1) is 13.8 Å². The molecule has 4 aromatic heterocycles. The molecule has 0 aliphatic rings. The van der Waals surface area contributed by atoms with Gasteiger partial charge in [0, 0.05) is 47.9 Å². The molecule has 4 aromatic rings. The lowest BCUT2D eigenvalue weighted by Crippen LogP contribution is -2.03. The first-order chi connectivity index (χ1) is 14.5. The van der Waals surface area contributed by atoms with Crippen molar-refractivity contribution in [1.82, 2.24) is 34.7 Å². The van der Waals surface area contributed by atoms with Gasteiger partial charge in [0.1, 0.15) is 30.1 Å². The van der Waals surface area contributed by atoms with E-state index >= 15 is 0 Å². The largest absolute Gasteiger partial charge is 0.493 e. The number of nitrogens with one attached hydrogen (secondary N) is 2. The predicted molar refractivity (Wildman–Crippen MR) is 113 cm³/mol. The summed E-state index contributed by atoms with van der Waals surface area (Å²) in [5.41, 5.74) is 3.63. The number of hydrogen-bond acceptors (Lipinski definition) is 9. The van der Waals surface area contributed by atoms with Gasteiger partial charge >= 0.3 is 0 Å². The van der Waals surface area contributed by atoms with E-state index in [1.54, 1.807) is 24.1 Å². The highest BCUT2D eigenvalue weighted by Gasteiger charge is 2.14. The first kappa shape index (κ1) is 19.2. The third-order valence-electron chi connectivity index (χ3n) is 4.39. The van der Waals surface area contributed by atoms with E-state index in [-0.39, 0.29) is 0 Å². The normalized spacial score (nSPS) is 10.7. The molecule has 0 bridgehead atoms. The minimum atomic E-state index is 0.560. The van der Waals surface area contributed by atoms with E-state index < -0.39 is 0 Å². The van der Waals surface area contributed by atoms with Crippen molar-refractivity contribution in [1.29, 1.82) is 0 Å². The van der Waals surface area contributed by atoms with Crippen molar-refractivity contribution in [2.45, 2.75) is 13.8 Å². The number of methoxy groups -OCH3 is 1. The van der Waals surface area contributed by atoms with Crippen molar-refractivity contribution in [3.05, 3.63) is 54.6 Å². The number of pyridine rings is 1. The smallest absolute Gasteiger partial charge is 0.174 e. The lowest BCUT2D eigenvalue weighted by molar-refractivity contribution is 0.415. The molecule has 0 aliphatic heterocycles. The quantitative estimate of drug-likeness (QED) is 0.501. The average molecular weight is 403 g/mol. The molecule has 0 saturated heterocycles. The standard InChI is InChI=1S/C20H21N9O/c1-12-5-17(22-10-21-12)27-18-7-19(24-11-23-18)28-20-16(30-4)6-15(13(2)26-20)14-8-25-29(3)9-14/h5-11H,1-4H3,(H2,21,22,23,24,26,27,28). The average Bonchev–Trinajstić information content (AvgIpc) is 3.14. The maximum atomic E-state index is 5.55. The first-order valence-electron chi connectivity index (χ1n) is 9.21. The van der Waals surface area contributed by atoms with Crippen molar-refractivity contribution < 1.29 is 4.74 Å². The Balaban J connectivity index is 1.60. The SMILES string of the molecule is COc1cc(-c2cnn(C)c2)c(C)nc1Nc1cc(Nc2cc(C)ncn2)ncn1. The van der Waals surface area contributed by atoms with Gasteiger partial charge < -0.3 is 15.4 Å². The van der Waals surface area contributed by atoms with Crippen LogP contribution in [0.1, 0.15) is 11.4 Å². The zero-order valence-corrected chi connectivity index (χ0v) is 17.1. The van der Waals surface area contributed by atoms with Gasteiger partial charge in [0.25, 0.3) is 0 Å². The molecule has 0 spiro atoms. The maximum absolute atomic E-state index is 5.55. The summed E-state index contributed by atoms with van der Waals surface area (Å²) in [6, 6.07) is 5.54. The van der Waals surface area contributed by atoms with Crippen molar-refractivity contribution in [3.8, 4) is 16.9 Å². The van der Waals surface area contributed by atoms with Crippen molar-refractivity contribution in [2.75, 3.05) is 17.7 Å². The van der Waals surface area contributed by atoms with E-state index in [0.29, 0.717) is 29.0 Å². The molecule has 30 heavy (non-hydrogen) atoms. The monoisotopic (exact) mass is 403 g/mol. The third-order valence-corrected chi connectivity index (χ3v) is 4.39. The Bertz CT molecular complexity index is 1190. The molecule has 152 valence electrons. The van der Waals surface area contributed by atoms with Gasteiger partial charge in [0.2, 0.25) is 0 Å². The Kier molecular flexibility index (Phi) is 5.21. The van der Waals surface area contributed by atoms with Crippen LogP contribution in [0.2, 0.25) is 0 Å². The molecular formula is C20H21N9O. The molecule has 2 N–H and O–H groups in total. The molecule has 10 heteroatoms. The van der Waals surface area contributed by atoms with Crippen LogP contribution in [0.25, 0.3) is 11.1 Å². The Labute approximate surface area is 173 Å². The van der Waals surface area contributed by atoms with Crippen LogP contribution in [-0.2, 0) is 7.05 Å². The van der Waals surface area contributed by atoms with E-state index in [9.17, 15) is 0 Å². The van der Waals surface area contributed by atoms with Crippen LogP contribution in [0.5, 0.6) is 5.75 Å². The van der Waals surface area contributed by atoms with E-state index in [1.165, 1.54) is 12.7 Å². The topological polar surface area (TPSA) is 116 Å². The number of aromatic nitrogens is 7. The summed E-state index contributed by atoms with van der Waals surface area (Å²) in [6.07, 6.45) is 6.70. The van der Waals surface area contributed by atoms with Gasteiger partial charge in [-0.1, -0.05) is 0 Å². The minimum absolute atomic E-state index is 0.560. The molecule has 0 aromatic carbocycles. The van der Waals surface area contributed by atoms with Gasteiger partial charge in [-0.25, -0.2) is 24.9 Å². The molecule has 0 amide bonds. The first-order valence-corrected chi connectivity index (χ1v) is 9.21. The summed E-state index contributed by atoms with van der Waals surface area (Å²) < 4.78 is 7.30. The second-order valence-corrected chi connectivity index (χ2v) is 6.66. The second-order valence-electron chi connectivity index (χ2n) is 6.66. The summed E-state index contributed by atoms with van der Waals surface area (Å²) in [6.45, 7) is 3.84. The number of hydrogen-bond donors (Lipinski definition) is 2. The second kappa shape index (κ2) is 8.11. The molecule has 4 heterocycles. The van der Waals surface area contributed by atoms with Crippen LogP contribution in [0.3, 0.4) is 0 Å². The third kappa shape index (κ3) is 4.17. The van der Waals surface area contributed by atoms with Crippen molar-refractivity contribution in [2.24, 2.45) is 7.05 Å². The predicted octanol–water partition coefficient (Wildman–Crippen LogP) is 3.17. The van der Waals surface area contributed by atoms with Gasteiger partial charge in [-0.3, -0.25) is 4.68 Å². The van der Waals surface area contributed by atoms with Crippen molar-refractivity contribution in [3.63, 3.8) is 0 Å². The summed E-state index contributed by atoms with van der Waals surface area (Å²) >= 11 is 0. The highest BCUT2D eigenvalue weighted by molar-refractivity contribution is 5.72. The fourth-order valence-electron chi connectivity index (χ4n) is 2.95. The fraction of sp³-hybridized carbons (Fsp3) is 0.200. The minimum Gasteiger partial charge on any atom is -0.493 e. The van der Waals surface area contributed by atoms with Crippen molar-refractivity contribution >= 4 is 23.3 Å².